The molecule has 0 radical (unpaired) electrons. The lowest BCUT2D eigenvalue weighted by Crippen LogP contribution is -2.29. The molecule has 1 unspecified atom stereocenters. The van der Waals surface area contributed by atoms with Crippen molar-refractivity contribution in [3.8, 4) is 11.5 Å². The first kappa shape index (κ1) is 15.4. The number of nitro benzene ring substituents is 1. The molecule has 2 aliphatic rings. The molecule has 0 saturated carbocycles. The molecule has 1 aromatic carbocycles. The Morgan fingerprint density at radius 2 is 2.26 bits per heavy atom. The summed E-state index contributed by atoms with van der Waals surface area (Å²) in [5.41, 5.74) is 0.272. The van der Waals surface area contributed by atoms with Crippen LogP contribution in [0.3, 0.4) is 0 Å². The molecular weight excluding hydrogens is 304 g/mol. The van der Waals surface area contributed by atoms with Gasteiger partial charge in [-0.2, -0.15) is 0 Å². The number of ether oxygens (including phenoxy) is 2. The molecule has 8 nitrogen and oxygen atoms in total. The Kier molecular flexibility index (Phi) is 3.54. The van der Waals surface area contributed by atoms with E-state index in [-0.39, 0.29) is 18.0 Å². The summed E-state index contributed by atoms with van der Waals surface area (Å²) >= 11 is 0. The topological polar surface area (TPSA) is 102 Å². The van der Waals surface area contributed by atoms with Gasteiger partial charge in [0.15, 0.2) is 0 Å². The molecule has 0 spiro atoms. The number of carboxylic acid groups (broad SMARTS) is 1. The summed E-state index contributed by atoms with van der Waals surface area (Å²) in [6.07, 6.45) is -0.297. The fourth-order valence-electron chi connectivity index (χ4n) is 3.03. The molecule has 8 heteroatoms. The van der Waals surface area contributed by atoms with Crippen LogP contribution in [0.2, 0.25) is 0 Å². The van der Waals surface area contributed by atoms with Crippen molar-refractivity contribution in [2.75, 3.05) is 13.1 Å². The van der Waals surface area contributed by atoms with Crippen molar-refractivity contribution in [1.82, 2.24) is 4.90 Å². The van der Waals surface area contributed by atoms with Crippen LogP contribution in [0.15, 0.2) is 12.1 Å². The molecule has 124 valence electrons. The van der Waals surface area contributed by atoms with E-state index in [1.165, 1.54) is 11.0 Å². The number of fused-ring (bicyclic) bond motifs is 1. The Labute approximate surface area is 132 Å². The van der Waals surface area contributed by atoms with E-state index >= 15 is 0 Å². The average molecular weight is 322 g/mol. The zero-order valence-electron chi connectivity index (χ0n) is 12.9. The van der Waals surface area contributed by atoms with Gasteiger partial charge in [-0.3, -0.25) is 10.1 Å². The minimum absolute atomic E-state index is 0.112. The Morgan fingerprint density at radius 1 is 1.52 bits per heavy atom. The molecule has 23 heavy (non-hydrogen) atoms. The minimum atomic E-state index is -1.01. The third-order valence-corrected chi connectivity index (χ3v) is 4.05. The Bertz CT molecular complexity index is 672. The largest absolute Gasteiger partial charge is 0.487 e. The van der Waals surface area contributed by atoms with Crippen LogP contribution >= 0.6 is 0 Å². The second kappa shape index (κ2) is 5.29. The van der Waals surface area contributed by atoms with Gasteiger partial charge >= 0.3 is 11.8 Å². The number of carbonyl (C=O) groups is 1. The van der Waals surface area contributed by atoms with E-state index in [9.17, 15) is 14.9 Å². The third-order valence-electron chi connectivity index (χ3n) is 4.05. The molecule has 0 aromatic heterocycles. The molecule has 2 aliphatic heterocycles. The first-order chi connectivity index (χ1) is 10.7. The lowest BCUT2D eigenvalue weighted by molar-refractivity contribution is -0.386. The second-order valence-electron chi connectivity index (χ2n) is 6.48. The highest BCUT2D eigenvalue weighted by molar-refractivity contribution is 5.65. The van der Waals surface area contributed by atoms with E-state index in [0.29, 0.717) is 25.1 Å². The molecule has 1 atom stereocenters. The maximum atomic E-state index is 11.3. The second-order valence-corrected chi connectivity index (χ2v) is 6.48. The highest BCUT2D eigenvalue weighted by atomic mass is 16.6. The Balaban J connectivity index is 1.85. The van der Waals surface area contributed by atoms with Gasteiger partial charge in [0.2, 0.25) is 5.75 Å². The van der Waals surface area contributed by atoms with Gasteiger partial charge in [0, 0.05) is 37.1 Å². The van der Waals surface area contributed by atoms with Crippen molar-refractivity contribution in [2.45, 2.75) is 38.4 Å². The fourth-order valence-corrected chi connectivity index (χ4v) is 3.03. The number of hydrogen-bond acceptors (Lipinski definition) is 5. The Hall–Kier alpha value is -2.51. The van der Waals surface area contributed by atoms with Crippen LogP contribution in [-0.4, -0.2) is 45.8 Å². The molecule has 1 amide bonds. The van der Waals surface area contributed by atoms with Gasteiger partial charge in [0.1, 0.15) is 17.5 Å². The van der Waals surface area contributed by atoms with Gasteiger partial charge in [-0.15, -0.1) is 0 Å². The quantitative estimate of drug-likeness (QED) is 0.677. The van der Waals surface area contributed by atoms with Crippen molar-refractivity contribution in [2.24, 2.45) is 0 Å². The van der Waals surface area contributed by atoms with Crippen molar-refractivity contribution in [1.29, 1.82) is 0 Å². The van der Waals surface area contributed by atoms with Crippen LogP contribution in [-0.2, 0) is 6.42 Å². The maximum Gasteiger partial charge on any atom is 0.407 e. The maximum absolute atomic E-state index is 11.3. The van der Waals surface area contributed by atoms with E-state index in [2.05, 4.69) is 0 Å². The van der Waals surface area contributed by atoms with Crippen molar-refractivity contribution >= 4 is 11.8 Å². The zero-order valence-corrected chi connectivity index (χ0v) is 12.9. The number of benzene rings is 1. The lowest BCUT2D eigenvalue weighted by atomic mass is 10.0. The van der Waals surface area contributed by atoms with Gasteiger partial charge in [-0.25, -0.2) is 4.79 Å². The van der Waals surface area contributed by atoms with Crippen molar-refractivity contribution in [3.63, 3.8) is 0 Å². The van der Waals surface area contributed by atoms with E-state index in [1.807, 2.05) is 13.8 Å². The molecule has 1 aromatic rings. The summed E-state index contributed by atoms with van der Waals surface area (Å²) in [5.74, 6) is 0.715. The third kappa shape index (κ3) is 3.01. The van der Waals surface area contributed by atoms with Crippen LogP contribution in [0.1, 0.15) is 25.8 Å². The van der Waals surface area contributed by atoms with Crippen LogP contribution in [0.25, 0.3) is 0 Å². The molecule has 0 aliphatic carbocycles. The zero-order chi connectivity index (χ0) is 16.8. The lowest BCUT2D eigenvalue weighted by Gasteiger charge is -2.17. The summed E-state index contributed by atoms with van der Waals surface area (Å²) < 4.78 is 11.5. The molecule has 1 fully saturated rings. The summed E-state index contributed by atoms with van der Waals surface area (Å²) in [6.45, 7) is 4.40. The number of likely N-dealkylation sites (tertiary alicyclic amines) is 1. The van der Waals surface area contributed by atoms with Gasteiger partial charge in [-0.1, -0.05) is 0 Å². The van der Waals surface area contributed by atoms with Crippen molar-refractivity contribution < 1.29 is 24.3 Å². The van der Waals surface area contributed by atoms with Crippen LogP contribution in [0, 0.1) is 10.1 Å². The SMILES string of the molecule is CC1(C)Cc2cc([N+](=O)[O-])c(OC3CCN(C(=O)O)C3)cc2O1. The van der Waals surface area contributed by atoms with Crippen LogP contribution in [0.4, 0.5) is 10.5 Å². The molecule has 2 heterocycles. The summed E-state index contributed by atoms with van der Waals surface area (Å²) in [6, 6.07) is 3.04. The number of hydrogen-bond donors (Lipinski definition) is 1. The minimum Gasteiger partial charge on any atom is -0.487 e. The average Bonchev–Trinajstić information content (AvgIpc) is 3.00. The predicted octanol–water partition coefficient (Wildman–Crippen LogP) is 2.44. The predicted molar refractivity (Wildman–Crippen MR) is 80.1 cm³/mol. The molecule has 1 N–H and O–H groups in total. The van der Waals surface area contributed by atoms with Crippen LogP contribution in [0.5, 0.6) is 11.5 Å². The summed E-state index contributed by atoms with van der Waals surface area (Å²) in [7, 11) is 0. The highest BCUT2D eigenvalue weighted by Gasteiger charge is 2.35. The number of nitrogens with zero attached hydrogens (tertiary/aromatic N) is 2. The van der Waals surface area contributed by atoms with Gasteiger partial charge < -0.3 is 19.5 Å². The summed E-state index contributed by atoms with van der Waals surface area (Å²) in [4.78, 5) is 23.0. The van der Waals surface area contributed by atoms with Crippen LogP contribution < -0.4 is 9.47 Å². The van der Waals surface area contributed by atoms with E-state index in [1.54, 1.807) is 6.07 Å². The monoisotopic (exact) mass is 322 g/mol. The first-order valence-electron chi connectivity index (χ1n) is 7.40. The Morgan fingerprint density at radius 3 is 2.87 bits per heavy atom. The fraction of sp³-hybridized carbons (Fsp3) is 0.533. The summed E-state index contributed by atoms with van der Waals surface area (Å²) in [5, 5.41) is 20.3. The smallest absolute Gasteiger partial charge is 0.407 e. The molecular formula is C15H18N2O6. The number of rotatable bonds is 3. The number of nitro groups is 1. The standard InChI is InChI=1S/C15H18N2O6/c1-15(2)7-9-5-11(17(20)21)13(6-12(9)23-15)22-10-3-4-16(8-10)14(18)19/h5-6,10H,3-4,7-8H2,1-2H3,(H,18,19). The molecule has 3 rings (SSSR count). The van der Waals surface area contributed by atoms with E-state index in [0.717, 1.165) is 5.56 Å². The molecule has 1 saturated heterocycles. The van der Waals surface area contributed by atoms with E-state index < -0.39 is 22.7 Å². The van der Waals surface area contributed by atoms with Gasteiger partial charge in [0.05, 0.1) is 11.5 Å². The van der Waals surface area contributed by atoms with Gasteiger partial charge in [0.25, 0.3) is 0 Å². The highest BCUT2D eigenvalue weighted by Crippen LogP contribution is 2.42. The van der Waals surface area contributed by atoms with Gasteiger partial charge in [-0.05, 0) is 13.8 Å². The van der Waals surface area contributed by atoms with E-state index in [4.69, 9.17) is 14.6 Å². The molecule has 0 bridgehead atoms. The number of amides is 1. The normalized spacial score (nSPS) is 21.7. The van der Waals surface area contributed by atoms with Crippen molar-refractivity contribution in [3.05, 3.63) is 27.8 Å². The first-order valence-corrected chi connectivity index (χ1v) is 7.40.